The lowest BCUT2D eigenvalue weighted by Crippen LogP contribution is -2.66. The highest BCUT2D eigenvalue weighted by molar-refractivity contribution is 5.79. The highest BCUT2D eigenvalue weighted by atomic mass is 16.5. The summed E-state index contributed by atoms with van der Waals surface area (Å²) < 4.78 is 5.43. The minimum atomic E-state index is -0.601. The Balaban J connectivity index is 1.63. The van der Waals surface area contributed by atoms with E-state index in [9.17, 15) is 15.0 Å². The van der Waals surface area contributed by atoms with Crippen LogP contribution >= 0.6 is 0 Å². The molecule has 0 aromatic carbocycles. The van der Waals surface area contributed by atoms with Gasteiger partial charge in [-0.1, -0.05) is 60.1 Å². The third-order valence-corrected chi connectivity index (χ3v) is 13.4. The Morgan fingerprint density at radius 1 is 0.886 bits per heavy atom. The van der Waals surface area contributed by atoms with Crippen molar-refractivity contribution in [3.8, 4) is 0 Å². The van der Waals surface area contributed by atoms with Crippen molar-refractivity contribution < 1.29 is 19.7 Å². The number of hydrogen-bond acceptors (Lipinski definition) is 4. The number of carbonyl (C=O) groups excluding carboxylic acids is 1. The van der Waals surface area contributed by atoms with Crippen molar-refractivity contribution in [1.82, 2.24) is 0 Å². The number of esters is 1. The number of aliphatic hydroxyl groups excluding tert-OH is 2. The topological polar surface area (TPSA) is 66.8 Å². The molecule has 5 rings (SSSR count). The third kappa shape index (κ3) is 3.02. The molecule has 4 fully saturated rings. The Morgan fingerprint density at radius 2 is 1.54 bits per heavy atom. The van der Waals surface area contributed by atoms with Crippen LogP contribution in [0, 0.1) is 50.2 Å². The number of aliphatic hydroxyl groups is 2. The molecule has 0 amide bonds. The maximum absolute atomic E-state index is 13.4. The van der Waals surface area contributed by atoms with Gasteiger partial charge in [-0.05, 0) is 96.7 Å². The Hall–Kier alpha value is -0.870. The van der Waals surface area contributed by atoms with Crippen LogP contribution in [0.15, 0.2) is 11.6 Å². The monoisotopic (exact) mass is 486 g/mol. The molecule has 4 saturated carbocycles. The molecule has 0 radical (unpaired) electrons. The van der Waals surface area contributed by atoms with Crippen molar-refractivity contribution >= 4 is 5.97 Å². The average Bonchev–Trinajstić information content (AvgIpc) is 2.79. The van der Waals surface area contributed by atoms with Gasteiger partial charge in [0.25, 0.3) is 0 Å². The molecule has 0 aliphatic heterocycles. The molecule has 0 aromatic heterocycles. The molecular formula is C31H50O4. The zero-order valence-electron chi connectivity index (χ0n) is 23.5. The van der Waals surface area contributed by atoms with E-state index in [-0.39, 0.29) is 45.1 Å². The molecule has 0 unspecified atom stereocenters. The minimum Gasteiger partial charge on any atom is -0.469 e. The number of fused-ring (bicyclic) bond motifs is 7. The number of methoxy groups -OCH3 is 1. The molecular weight excluding hydrogens is 436 g/mol. The summed E-state index contributed by atoms with van der Waals surface area (Å²) in [5, 5.41) is 22.8. The van der Waals surface area contributed by atoms with E-state index in [0.717, 1.165) is 57.8 Å². The van der Waals surface area contributed by atoms with Gasteiger partial charge in [0, 0.05) is 5.92 Å². The molecule has 35 heavy (non-hydrogen) atoms. The molecule has 9 atom stereocenters. The van der Waals surface area contributed by atoms with E-state index in [4.69, 9.17) is 4.74 Å². The van der Waals surface area contributed by atoms with Crippen LogP contribution in [-0.2, 0) is 9.53 Å². The Labute approximate surface area is 213 Å². The van der Waals surface area contributed by atoms with Gasteiger partial charge in [0.15, 0.2) is 0 Å². The third-order valence-electron chi connectivity index (χ3n) is 13.4. The van der Waals surface area contributed by atoms with Gasteiger partial charge in [-0.25, -0.2) is 0 Å². The smallest absolute Gasteiger partial charge is 0.312 e. The van der Waals surface area contributed by atoms with Crippen molar-refractivity contribution in [2.24, 2.45) is 50.2 Å². The van der Waals surface area contributed by atoms with Crippen LogP contribution < -0.4 is 0 Å². The summed E-state index contributed by atoms with van der Waals surface area (Å²) in [4.78, 5) is 13.4. The van der Waals surface area contributed by atoms with E-state index in [1.807, 2.05) is 0 Å². The first kappa shape index (κ1) is 25.8. The first-order valence-electron chi connectivity index (χ1n) is 14.3. The van der Waals surface area contributed by atoms with E-state index in [1.165, 1.54) is 12.7 Å². The van der Waals surface area contributed by atoms with Crippen LogP contribution in [0.2, 0.25) is 0 Å². The fourth-order valence-electron chi connectivity index (χ4n) is 10.8. The van der Waals surface area contributed by atoms with Crippen molar-refractivity contribution in [1.29, 1.82) is 0 Å². The number of ether oxygens (including phenoxy) is 1. The SMILES string of the molecule is COC(=O)[C@]12CCC(C)(C)[C@@H](O)[C@H]1C1=CC[C@H]3[C@@]4(C)CC[C@H](O)C(C)(C)[C@H]4CC[C@@]3(C)[C@]1(C)CC2. The summed E-state index contributed by atoms with van der Waals surface area (Å²) in [5.41, 5.74) is 0.746. The lowest BCUT2D eigenvalue weighted by Gasteiger charge is -2.71. The zero-order valence-corrected chi connectivity index (χ0v) is 23.5. The Morgan fingerprint density at radius 3 is 2.20 bits per heavy atom. The lowest BCUT2D eigenvalue weighted by molar-refractivity contribution is -0.213. The maximum Gasteiger partial charge on any atom is 0.312 e. The normalized spacial score (nSPS) is 52.2. The molecule has 4 nitrogen and oxygen atoms in total. The van der Waals surface area contributed by atoms with E-state index in [0.29, 0.717) is 11.8 Å². The molecule has 0 spiro atoms. The van der Waals surface area contributed by atoms with E-state index in [2.05, 4.69) is 54.5 Å². The van der Waals surface area contributed by atoms with Crippen LogP contribution in [0.3, 0.4) is 0 Å². The van der Waals surface area contributed by atoms with Gasteiger partial charge < -0.3 is 14.9 Å². The second-order valence-electron chi connectivity index (χ2n) is 15.2. The van der Waals surface area contributed by atoms with Gasteiger partial charge in [-0.2, -0.15) is 0 Å². The second kappa shape index (κ2) is 7.59. The summed E-state index contributed by atoms with van der Waals surface area (Å²) in [6, 6.07) is 0. The number of rotatable bonds is 1. The summed E-state index contributed by atoms with van der Waals surface area (Å²) in [6.45, 7) is 16.4. The first-order valence-corrected chi connectivity index (χ1v) is 14.3. The van der Waals surface area contributed by atoms with Gasteiger partial charge in [-0.15, -0.1) is 0 Å². The van der Waals surface area contributed by atoms with Crippen molar-refractivity contribution in [3.05, 3.63) is 11.6 Å². The molecule has 2 N–H and O–H groups in total. The fraction of sp³-hybridized carbons (Fsp3) is 0.903. The molecule has 4 heteroatoms. The van der Waals surface area contributed by atoms with Crippen molar-refractivity contribution in [2.75, 3.05) is 7.11 Å². The molecule has 0 saturated heterocycles. The van der Waals surface area contributed by atoms with Gasteiger partial charge in [-0.3, -0.25) is 4.79 Å². The van der Waals surface area contributed by atoms with Gasteiger partial charge in [0.1, 0.15) is 0 Å². The zero-order chi connectivity index (χ0) is 25.8. The van der Waals surface area contributed by atoms with Crippen LogP contribution in [0.5, 0.6) is 0 Å². The molecule has 0 bridgehead atoms. The predicted molar refractivity (Wildman–Crippen MR) is 138 cm³/mol. The van der Waals surface area contributed by atoms with Crippen LogP contribution in [0.4, 0.5) is 0 Å². The number of hydrogen-bond donors (Lipinski definition) is 2. The van der Waals surface area contributed by atoms with E-state index >= 15 is 0 Å². The largest absolute Gasteiger partial charge is 0.469 e. The molecule has 0 heterocycles. The number of carbonyl (C=O) groups is 1. The summed E-state index contributed by atoms with van der Waals surface area (Å²) in [6.07, 6.45) is 10.4. The summed E-state index contributed by atoms with van der Waals surface area (Å²) in [5.74, 6) is 0.789. The first-order chi connectivity index (χ1) is 16.1. The van der Waals surface area contributed by atoms with E-state index < -0.39 is 11.5 Å². The van der Waals surface area contributed by atoms with Gasteiger partial charge >= 0.3 is 5.97 Å². The van der Waals surface area contributed by atoms with Gasteiger partial charge in [0.05, 0.1) is 24.7 Å². The summed E-state index contributed by atoms with van der Waals surface area (Å²) >= 11 is 0. The van der Waals surface area contributed by atoms with Crippen molar-refractivity contribution in [2.45, 2.75) is 118 Å². The lowest BCUT2D eigenvalue weighted by atomic mass is 9.33. The van der Waals surface area contributed by atoms with Crippen LogP contribution in [0.25, 0.3) is 0 Å². The second-order valence-corrected chi connectivity index (χ2v) is 15.2. The Bertz CT molecular complexity index is 934. The van der Waals surface area contributed by atoms with E-state index in [1.54, 1.807) is 0 Å². The highest BCUT2D eigenvalue weighted by Crippen LogP contribution is 2.75. The fourth-order valence-corrected chi connectivity index (χ4v) is 10.8. The summed E-state index contributed by atoms with van der Waals surface area (Å²) in [7, 11) is 1.52. The highest BCUT2D eigenvalue weighted by Gasteiger charge is 2.70. The number of allylic oxidation sites excluding steroid dienone is 1. The minimum absolute atomic E-state index is 0.0410. The quantitative estimate of drug-likeness (QED) is 0.337. The molecule has 0 aromatic rings. The predicted octanol–water partition coefficient (Wildman–Crippen LogP) is 6.29. The maximum atomic E-state index is 13.4. The average molecular weight is 487 g/mol. The molecule has 5 aliphatic carbocycles. The standard InChI is InChI=1S/C31H50O4/c1-26(2)15-17-31(25(34)35-8)18-16-29(6)19(23(31)24(26)33)9-10-21-28(5)13-12-22(32)27(3,4)20(28)11-14-30(21,29)7/h9,20-24,32-33H,10-18H2,1-8H3/t20-,21+,22+,23-,24+,28+,29-,30-,31+/m1/s1. The van der Waals surface area contributed by atoms with Crippen LogP contribution in [0.1, 0.15) is 106 Å². The molecule has 5 aliphatic rings. The van der Waals surface area contributed by atoms with Crippen molar-refractivity contribution in [3.63, 3.8) is 0 Å². The Kier molecular flexibility index (Phi) is 5.59. The van der Waals surface area contributed by atoms with Gasteiger partial charge in [0.2, 0.25) is 0 Å². The molecule has 198 valence electrons. The van der Waals surface area contributed by atoms with Crippen LogP contribution in [-0.4, -0.2) is 35.5 Å².